The quantitative estimate of drug-likeness (QED) is 0.296. The van der Waals surface area contributed by atoms with Gasteiger partial charge in [0, 0.05) is 6.07 Å². The normalized spacial score (nSPS) is 15.6. The van der Waals surface area contributed by atoms with Crippen LogP contribution in [0.3, 0.4) is 0 Å². The van der Waals surface area contributed by atoms with Gasteiger partial charge in [-0.1, -0.05) is 35.6 Å². The third-order valence-electron chi connectivity index (χ3n) is 5.44. The van der Waals surface area contributed by atoms with E-state index in [-0.39, 0.29) is 21.9 Å². The summed E-state index contributed by atoms with van der Waals surface area (Å²) in [6, 6.07) is 12.5. The summed E-state index contributed by atoms with van der Waals surface area (Å²) in [5.74, 6) is 0.0691. The van der Waals surface area contributed by atoms with E-state index in [1.807, 2.05) is 0 Å². The molecular formula is C25H23N3O6S. The van der Waals surface area contributed by atoms with E-state index in [9.17, 15) is 19.7 Å². The smallest absolute Gasteiger partial charge is 0.338 e. The third kappa shape index (κ3) is 4.65. The summed E-state index contributed by atoms with van der Waals surface area (Å²) in [6.07, 6.45) is 1.13. The number of carbonyl (C=O) groups excluding carboxylic acids is 1. The minimum absolute atomic E-state index is 0.109. The van der Waals surface area contributed by atoms with E-state index in [0.717, 1.165) is 11.3 Å². The number of ether oxygens (including phenoxy) is 2. The third-order valence-corrected chi connectivity index (χ3v) is 6.42. The van der Waals surface area contributed by atoms with Crippen molar-refractivity contribution in [2.75, 3.05) is 7.11 Å². The number of para-hydroxylation sites is 1. The Morgan fingerprint density at radius 1 is 1.20 bits per heavy atom. The fourth-order valence-corrected chi connectivity index (χ4v) is 4.92. The number of esters is 1. The first-order valence-electron chi connectivity index (χ1n) is 10.8. The minimum atomic E-state index is -0.781. The Labute approximate surface area is 204 Å². The molecule has 0 bridgehead atoms. The highest BCUT2D eigenvalue weighted by atomic mass is 32.1. The van der Waals surface area contributed by atoms with Gasteiger partial charge in [0.05, 0.1) is 45.5 Å². The lowest BCUT2D eigenvalue weighted by Gasteiger charge is -2.25. The summed E-state index contributed by atoms with van der Waals surface area (Å²) in [7, 11) is 1.55. The van der Waals surface area contributed by atoms with E-state index in [0.29, 0.717) is 27.4 Å². The van der Waals surface area contributed by atoms with Gasteiger partial charge in [0.15, 0.2) is 4.80 Å². The average Bonchev–Trinajstić information content (AvgIpc) is 3.12. The molecular weight excluding hydrogens is 470 g/mol. The van der Waals surface area contributed by atoms with Crippen molar-refractivity contribution in [1.29, 1.82) is 0 Å². The van der Waals surface area contributed by atoms with Gasteiger partial charge in [-0.25, -0.2) is 9.79 Å². The van der Waals surface area contributed by atoms with Gasteiger partial charge in [-0.15, -0.1) is 0 Å². The molecule has 0 N–H and O–H groups in total. The first-order valence-corrected chi connectivity index (χ1v) is 11.6. The summed E-state index contributed by atoms with van der Waals surface area (Å²) >= 11 is 1.11. The number of aromatic nitrogens is 1. The number of thiazole rings is 1. The molecule has 2 aromatic carbocycles. The van der Waals surface area contributed by atoms with E-state index < -0.39 is 22.5 Å². The standard InChI is InChI=1S/C25H23N3O6S/c1-14(2)34-24(30)21-15(3)26-25-27(22(21)16-9-11-18(33-4)12-10-16)23(29)20(35-25)13-17-7-5-6-8-19(17)28(31)32/h5-14,22H,1-4H3/b20-13-/t22-/m1/s1. The van der Waals surface area contributed by atoms with Crippen molar-refractivity contribution >= 4 is 29.1 Å². The van der Waals surface area contributed by atoms with Crippen LogP contribution in [0.5, 0.6) is 5.75 Å². The van der Waals surface area contributed by atoms with Gasteiger partial charge in [-0.2, -0.15) is 0 Å². The number of nitro benzene ring substituents is 1. The fourth-order valence-electron chi connectivity index (χ4n) is 3.88. The van der Waals surface area contributed by atoms with Gasteiger partial charge in [-0.05, 0) is 50.6 Å². The van der Waals surface area contributed by atoms with Crippen molar-refractivity contribution in [3.63, 3.8) is 0 Å². The number of carbonyl (C=O) groups is 1. The second-order valence-electron chi connectivity index (χ2n) is 8.12. The largest absolute Gasteiger partial charge is 0.497 e. The summed E-state index contributed by atoms with van der Waals surface area (Å²) in [5, 5.41) is 11.4. The first-order chi connectivity index (χ1) is 16.7. The molecule has 3 aromatic rings. The van der Waals surface area contributed by atoms with Crippen LogP contribution in [0.2, 0.25) is 0 Å². The predicted molar refractivity (Wildman–Crippen MR) is 131 cm³/mol. The highest BCUT2D eigenvalue weighted by molar-refractivity contribution is 7.07. The van der Waals surface area contributed by atoms with E-state index >= 15 is 0 Å². The monoisotopic (exact) mass is 493 g/mol. The molecule has 0 radical (unpaired) electrons. The van der Waals surface area contributed by atoms with Gasteiger partial charge in [0.2, 0.25) is 0 Å². The Morgan fingerprint density at radius 2 is 1.89 bits per heavy atom. The molecule has 1 aromatic heterocycles. The van der Waals surface area contributed by atoms with Crippen LogP contribution in [0, 0.1) is 10.1 Å². The van der Waals surface area contributed by atoms with Crippen LogP contribution < -0.4 is 19.6 Å². The Kier molecular flexibility index (Phi) is 6.65. The number of methoxy groups -OCH3 is 1. The van der Waals surface area contributed by atoms with Gasteiger partial charge in [-0.3, -0.25) is 19.5 Å². The molecule has 1 atom stereocenters. The van der Waals surface area contributed by atoms with Crippen molar-refractivity contribution in [2.45, 2.75) is 32.9 Å². The van der Waals surface area contributed by atoms with Crippen LogP contribution >= 0.6 is 11.3 Å². The van der Waals surface area contributed by atoms with E-state index in [4.69, 9.17) is 9.47 Å². The lowest BCUT2D eigenvalue weighted by Crippen LogP contribution is -2.40. The van der Waals surface area contributed by atoms with Crippen LogP contribution in [0.1, 0.15) is 37.9 Å². The van der Waals surface area contributed by atoms with Gasteiger partial charge < -0.3 is 9.47 Å². The molecule has 0 unspecified atom stereocenters. The molecule has 1 aliphatic rings. The van der Waals surface area contributed by atoms with Crippen molar-refractivity contribution in [3.05, 3.63) is 101 Å². The molecule has 9 nitrogen and oxygen atoms in total. The number of rotatable bonds is 6. The molecule has 10 heteroatoms. The number of benzene rings is 2. The Morgan fingerprint density at radius 3 is 2.51 bits per heavy atom. The first kappa shape index (κ1) is 24.1. The number of nitrogens with zero attached hydrogens (tertiary/aromatic N) is 3. The molecule has 0 spiro atoms. The maximum Gasteiger partial charge on any atom is 0.338 e. The average molecular weight is 494 g/mol. The molecule has 4 rings (SSSR count). The highest BCUT2D eigenvalue weighted by Crippen LogP contribution is 2.32. The number of hydrogen-bond donors (Lipinski definition) is 0. The topological polar surface area (TPSA) is 113 Å². The zero-order valence-electron chi connectivity index (χ0n) is 19.6. The van der Waals surface area contributed by atoms with Crippen LogP contribution in [-0.2, 0) is 9.53 Å². The molecule has 0 fully saturated rings. The lowest BCUT2D eigenvalue weighted by molar-refractivity contribution is -0.385. The van der Waals surface area contributed by atoms with Gasteiger partial charge >= 0.3 is 5.97 Å². The number of allylic oxidation sites excluding steroid dienone is 1. The molecule has 180 valence electrons. The van der Waals surface area contributed by atoms with Crippen molar-refractivity contribution < 1.29 is 19.2 Å². The SMILES string of the molecule is COc1ccc([C@@H]2C(C(=O)OC(C)C)=C(C)N=c3s/c(=C\c4ccccc4[N+](=O)[O-])c(=O)n32)cc1. The van der Waals surface area contributed by atoms with Crippen LogP contribution in [0.15, 0.2) is 69.6 Å². The molecule has 0 aliphatic carbocycles. The van der Waals surface area contributed by atoms with Crippen molar-refractivity contribution in [3.8, 4) is 5.75 Å². The molecule has 0 saturated carbocycles. The zero-order valence-corrected chi connectivity index (χ0v) is 20.4. The van der Waals surface area contributed by atoms with Crippen LogP contribution in [0.25, 0.3) is 6.08 Å². The van der Waals surface area contributed by atoms with E-state index in [1.54, 1.807) is 70.3 Å². The molecule has 2 heterocycles. The molecule has 0 amide bonds. The number of nitro groups is 1. The van der Waals surface area contributed by atoms with Gasteiger partial charge in [0.25, 0.3) is 11.2 Å². The van der Waals surface area contributed by atoms with Gasteiger partial charge in [0.1, 0.15) is 5.75 Å². The Bertz CT molecular complexity index is 1520. The maximum atomic E-state index is 13.6. The summed E-state index contributed by atoms with van der Waals surface area (Å²) < 4.78 is 12.4. The highest BCUT2D eigenvalue weighted by Gasteiger charge is 2.33. The van der Waals surface area contributed by atoms with Crippen molar-refractivity contribution in [1.82, 2.24) is 4.57 Å². The predicted octanol–water partition coefficient (Wildman–Crippen LogP) is 3.10. The second-order valence-corrected chi connectivity index (χ2v) is 9.13. The van der Waals surface area contributed by atoms with E-state index in [1.165, 1.54) is 16.7 Å². The van der Waals surface area contributed by atoms with E-state index in [2.05, 4.69) is 4.99 Å². The van der Waals surface area contributed by atoms with Crippen LogP contribution in [0.4, 0.5) is 5.69 Å². The minimum Gasteiger partial charge on any atom is -0.497 e. The van der Waals surface area contributed by atoms with Crippen LogP contribution in [-0.4, -0.2) is 28.7 Å². The Balaban J connectivity index is 1.96. The summed E-state index contributed by atoms with van der Waals surface area (Å²) in [4.78, 5) is 42.6. The maximum absolute atomic E-state index is 13.6. The summed E-state index contributed by atoms with van der Waals surface area (Å²) in [5.41, 5.74) is 1.16. The molecule has 35 heavy (non-hydrogen) atoms. The second kappa shape index (κ2) is 9.67. The summed E-state index contributed by atoms with van der Waals surface area (Å²) in [6.45, 7) is 5.20. The molecule has 0 saturated heterocycles. The zero-order chi connectivity index (χ0) is 25.3. The fraction of sp³-hybridized carbons (Fsp3) is 0.240. The lowest BCUT2D eigenvalue weighted by atomic mass is 9.96. The molecule has 1 aliphatic heterocycles. The number of fused-ring (bicyclic) bond motifs is 1. The number of hydrogen-bond acceptors (Lipinski definition) is 8. The van der Waals surface area contributed by atoms with Crippen molar-refractivity contribution in [2.24, 2.45) is 4.99 Å². The Hall–Kier alpha value is -4.05.